The van der Waals surface area contributed by atoms with Crippen LogP contribution in [-0.2, 0) is 14.3 Å². The number of rotatable bonds is 20. The molecule has 0 bridgehead atoms. The molecular formula is C23H44O7. The van der Waals surface area contributed by atoms with Gasteiger partial charge in [0, 0.05) is 12.8 Å². The maximum atomic E-state index is 12.1. The molecule has 4 N–H and O–H groups in total. The van der Waals surface area contributed by atoms with Crippen LogP contribution >= 0.6 is 0 Å². The normalized spacial score (nSPS) is 15.4. The van der Waals surface area contributed by atoms with E-state index >= 15 is 0 Å². The largest absolute Gasteiger partial charge is 0.457 e. The van der Waals surface area contributed by atoms with Crippen LogP contribution < -0.4 is 0 Å². The fourth-order valence-electron chi connectivity index (χ4n) is 3.32. The molecule has 0 aromatic rings. The highest BCUT2D eigenvalue weighted by molar-refractivity contribution is 5.83. The third kappa shape index (κ3) is 13.3. The summed E-state index contributed by atoms with van der Waals surface area (Å²) in [5.74, 6) is -1.14. The van der Waals surface area contributed by atoms with E-state index < -0.39 is 42.8 Å². The average Bonchev–Trinajstić information content (AvgIpc) is 2.75. The minimum Gasteiger partial charge on any atom is -0.457 e. The summed E-state index contributed by atoms with van der Waals surface area (Å²) in [6.07, 6.45) is 5.46. The monoisotopic (exact) mass is 432 g/mol. The van der Waals surface area contributed by atoms with E-state index in [2.05, 4.69) is 13.8 Å². The third-order valence-corrected chi connectivity index (χ3v) is 5.36. The van der Waals surface area contributed by atoms with Crippen LogP contribution in [0.4, 0.5) is 0 Å². The first-order chi connectivity index (χ1) is 14.4. The van der Waals surface area contributed by atoms with E-state index in [1.54, 1.807) is 0 Å². The molecule has 178 valence electrons. The zero-order chi connectivity index (χ0) is 22.8. The van der Waals surface area contributed by atoms with Crippen molar-refractivity contribution in [3.05, 3.63) is 0 Å². The summed E-state index contributed by atoms with van der Waals surface area (Å²) in [7, 11) is 0. The molecule has 0 spiro atoms. The zero-order valence-electron chi connectivity index (χ0n) is 18.9. The molecule has 0 aromatic heterocycles. The predicted molar refractivity (Wildman–Crippen MR) is 116 cm³/mol. The predicted octanol–water partition coefficient (Wildman–Crippen LogP) is 3.04. The molecule has 0 heterocycles. The third-order valence-electron chi connectivity index (χ3n) is 5.36. The number of esters is 1. The lowest BCUT2D eigenvalue weighted by atomic mass is 9.97. The summed E-state index contributed by atoms with van der Waals surface area (Å²) < 4.78 is 5.05. The molecule has 0 radical (unpaired) electrons. The van der Waals surface area contributed by atoms with Crippen LogP contribution in [0.15, 0.2) is 0 Å². The Hall–Kier alpha value is -1.02. The number of hydrogen-bond donors (Lipinski definition) is 4. The Morgan fingerprint density at radius 2 is 1.17 bits per heavy atom. The van der Waals surface area contributed by atoms with E-state index in [1.807, 2.05) is 0 Å². The van der Waals surface area contributed by atoms with Crippen LogP contribution in [0.1, 0.15) is 104 Å². The van der Waals surface area contributed by atoms with Crippen LogP contribution in [0.25, 0.3) is 0 Å². The minimum absolute atomic E-state index is 0.110. The first kappa shape index (κ1) is 29.0. The molecule has 0 aliphatic rings. The van der Waals surface area contributed by atoms with Gasteiger partial charge in [0.2, 0.25) is 0 Å². The maximum absolute atomic E-state index is 12.1. The molecule has 0 rings (SSSR count). The molecule has 0 fully saturated rings. The number of aliphatic hydroxyl groups excluding tert-OH is 4. The van der Waals surface area contributed by atoms with Crippen LogP contribution in [0.5, 0.6) is 0 Å². The Morgan fingerprint density at radius 1 is 0.700 bits per heavy atom. The molecule has 0 saturated heterocycles. The van der Waals surface area contributed by atoms with Gasteiger partial charge in [0.15, 0.2) is 11.9 Å². The van der Waals surface area contributed by atoms with E-state index in [4.69, 9.17) is 4.74 Å². The van der Waals surface area contributed by atoms with Crippen LogP contribution in [-0.4, -0.2) is 63.2 Å². The Morgan fingerprint density at radius 3 is 1.67 bits per heavy atom. The topological polar surface area (TPSA) is 124 Å². The molecule has 0 aromatic carbocycles. The minimum atomic E-state index is -1.82. The molecule has 1 unspecified atom stereocenters. The number of carbonyl (C=O) groups is 2. The first-order valence-electron chi connectivity index (χ1n) is 11.8. The highest BCUT2D eigenvalue weighted by Gasteiger charge is 2.36. The quantitative estimate of drug-likeness (QED) is 0.172. The summed E-state index contributed by atoms with van der Waals surface area (Å²) in [4.78, 5) is 24.0. The van der Waals surface area contributed by atoms with E-state index in [0.29, 0.717) is 12.8 Å². The van der Waals surface area contributed by atoms with Crippen molar-refractivity contribution in [1.82, 2.24) is 0 Å². The van der Waals surface area contributed by atoms with Gasteiger partial charge in [-0.05, 0) is 12.8 Å². The van der Waals surface area contributed by atoms with E-state index in [1.165, 1.54) is 6.42 Å². The lowest BCUT2D eigenvalue weighted by Gasteiger charge is -2.27. The molecule has 0 saturated carbocycles. The second kappa shape index (κ2) is 18.7. The zero-order valence-corrected chi connectivity index (χ0v) is 18.9. The van der Waals surface area contributed by atoms with Crippen molar-refractivity contribution in [2.75, 3.05) is 6.61 Å². The summed E-state index contributed by atoms with van der Waals surface area (Å²) in [5, 5.41) is 39.8. The summed E-state index contributed by atoms with van der Waals surface area (Å²) in [6.45, 7) is 3.54. The fraction of sp³-hybridized carbons (Fsp3) is 0.913. The second-order valence-corrected chi connectivity index (χ2v) is 8.14. The van der Waals surface area contributed by atoms with E-state index in [-0.39, 0.29) is 12.8 Å². The molecule has 0 aliphatic heterocycles. The van der Waals surface area contributed by atoms with Gasteiger partial charge in [0.05, 0.1) is 6.61 Å². The maximum Gasteiger partial charge on any atom is 0.306 e. The van der Waals surface area contributed by atoms with Gasteiger partial charge >= 0.3 is 5.97 Å². The van der Waals surface area contributed by atoms with Gasteiger partial charge in [0.1, 0.15) is 18.3 Å². The number of ether oxygens (including phenoxy) is 1. The van der Waals surface area contributed by atoms with Gasteiger partial charge in [-0.25, -0.2) is 0 Å². The number of unbranched alkanes of at least 4 members (excludes halogenated alkanes) is 10. The number of Topliss-reactive ketones (excluding diaryl/α,β-unsaturated/α-hetero) is 1. The lowest BCUT2D eigenvalue weighted by Crippen LogP contribution is -2.50. The van der Waals surface area contributed by atoms with Crippen molar-refractivity contribution < 1.29 is 34.8 Å². The van der Waals surface area contributed by atoms with Crippen molar-refractivity contribution in [3.63, 3.8) is 0 Å². The Bertz CT molecular complexity index is 439. The van der Waals surface area contributed by atoms with Crippen LogP contribution in [0.3, 0.4) is 0 Å². The van der Waals surface area contributed by atoms with Crippen LogP contribution in [0, 0.1) is 0 Å². The van der Waals surface area contributed by atoms with Gasteiger partial charge in [-0.1, -0.05) is 78.1 Å². The number of ketones is 1. The highest BCUT2D eigenvalue weighted by Crippen LogP contribution is 2.14. The molecule has 0 amide bonds. The standard InChI is InChI=1S/C23H44O7/c1-3-5-7-9-11-13-15-18(25)21(27)23(29)22(28)19(17-24)30-20(26)16-14-12-10-8-6-4-2/h19,21-24,27-29H,3-17H2,1-2H3/t19-,21?,22+,23+/m1/s1. The van der Waals surface area contributed by atoms with Crippen molar-refractivity contribution in [1.29, 1.82) is 0 Å². The highest BCUT2D eigenvalue weighted by atomic mass is 16.6. The molecule has 4 atom stereocenters. The number of aliphatic hydroxyl groups is 4. The molecular weight excluding hydrogens is 388 g/mol. The Labute approximate surface area is 181 Å². The van der Waals surface area contributed by atoms with Gasteiger partial charge < -0.3 is 25.2 Å². The lowest BCUT2D eigenvalue weighted by molar-refractivity contribution is -0.171. The number of carbonyl (C=O) groups excluding carboxylic acids is 2. The molecule has 30 heavy (non-hydrogen) atoms. The van der Waals surface area contributed by atoms with Gasteiger partial charge in [-0.2, -0.15) is 0 Å². The summed E-state index contributed by atoms with van der Waals surface area (Å²) >= 11 is 0. The Kier molecular flexibility index (Phi) is 18.1. The van der Waals surface area contributed by atoms with Gasteiger partial charge in [0.25, 0.3) is 0 Å². The summed E-state index contributed by atoms with van der Waals surface area (Å²) in [5.41, 5.74) is 0. The van der Waals surface area contributed by atoms with Gasteiger partial charge in [-0.15, -0.1) is 0 Å². The van der Waals surface area contributed by atoms with Crippen molar-refractivity contribution in [3.8, 4) is 0 Å². The van der Waals surface area contributed by atoms with Crippen molar-refractivity contribution in [2.45, 2.75) is 128 Å². The molecule has 7 nitrogen and oxygen atoms in total. The van der Waals surface area contributed by atoms with Crippen LogP contribution in [0.2, 0.25) is 0 Å². The number of hydrogen-bond acceptors (Lipinski definition) is 7. The van der Waals surface area contributed by atoms with Crippen molar-refractivity contribution >= 4 is 11.8 Å². The van der Waals surface area contributed by atoms with E-state index in [0.717, 1.165) is 57.8 Å². The Balaban J connectivity index is 4.28. The van der Waals surface area contributed by atoms with Gasteiger partial charge in [-0.3, -0.25) is 9.59 Å². The van der Waals surface area contributed by atoms with E-state index in [9.17, 15) is 30.0 Å². The smallest absolute Gasteiger partial charge is 0.306 e. The first-order valence-corrected chi connectivity index (χ1v) is 11.8. The second-order valence-electron chi connectivity index (χ2n) is 8.14. The molecule has 7 heteroatoms. The summed E-state index contributed by atoms with van der Waals surface area (Å²) in [6, 6.07) is 0. The SMILES string of the molecule is CCCCCCCCC(=O)O[C@H](CO)[C@H](O)[C@@H](O)C(O)C(=O)CCCCCCCC. The fourth-order valence-corrected chi connectivity index (χ4v) is 3.32. The molecule has 0 aliphatic carbocycles. The average molecular weight is 433 g/mol. The van der Waals surface area contributed by atoms with Crippen molar-refractivity contribution in [2.24, 2.45) is 0 Å².